The first-order valence-electron chi connectivity index (χ1n) is 6.09. The highest BCUT2D eigenvalue weighted by molar-refractivity contribution is 5.56. The van der Waals surface area contributed by atoms with Crippen LogP contribution in [0.4, 0.5) is 5.69 Å². The van der Waals surface area contributed by atoms with E-state index in [1.165, 1.54) is 16.7 Å². The van der Waals surface area contributed by atoms with E-state index in [0.29, 0.717) is 0 Å². The van der Waals surface area contributed by atoms with Crippen molar-refractivity contribution in [3.8, 4) is 5.75 Å². The number of nitrogen functional groups attached to an aromatic ring is 1. The Kier molecular flexibility index (Phi) is 3.56. The molecule has 18 heavy (non-hydrogen) atoms. The van der Waals surface area contributed by atoms with Gasteiger partial charge in [0.15, 0.2) is 0 Å². The molecule has 2 N–H and O–H groups in total. The standard InChI is InChI=1S/C16H19NO/c1-11-6-4-5-7-13(11)8-14-9-15(18-3)10-16(17)12(14)2/h4-7,9-10H,8,17H2,1-3H3. The number of nitrogens with two attached hydrogens (primary N) is 1. The number of rotatable bonds is 3. The second-order valence-electron chi connectivity index (χ2n) is 4.60. The van der Waals surface area contributed by atoms with Crippen molar-refractivity contribution in [2.24, 2.45) is 0 Å². The third-order valence-corrected chi connectivity index (χ3v) is 3.41. The van der Waals surface area contributed by atoms with Crippen LogP contribution in [0.15, 0.2) is 36.4 Å². The molecule has 2 rings (SSSR count). The SMILES string of the molecule is COc1cc(N)c(C)c(Cc2ccccc2C)c1. The molecule has 0 aliphatic heterocycles. The van der Waals surface area contributed by atoms with E-state index >= 15 is 0 Å². The van der Waals surface area contributed by atoms with Crippen LogP contribution in [0.25, 0.3) is 0 Å². The van der Waals surface area contributed by atoms with Crippen molar-refractivity contribution in [2.75, 3.05) is 12.8 Å². The van der Waals surface area contributed by atoms with Crippen LogP contribution < -0.4 is 10.5 Å². The first-order chi connectivity index (χ1) is 8.61. The molecule has 2 aromatic carbocycles. The van der Waals surface area contributed by atoms with Crippen LogP contribution in [0, 0.1) is 13.8 Å². The van der Waals surface area contributed by atoms with Crippen LogP contribution in [0.1, 0.15) is 22.3 Å². The van der Waals surface area contributed by atoms with Crippen molar-refractivity contribution in [3.63, 3.8) is 0 Å². The van der Waals surface area contributed by atoms with Gasteiger partial charge in [0.2, 0.25) is 0 Å². The lowest BCUT2D eigenvalue weighted by molar-refractivity contribution is 0.414. The number of methoxy groups -OCH3 is 1. The summed E-state index contributed by atoms with van der Waals surface area (Å²) in [5.74, 6) is 0.821. The van der Waals surface area contributed by atoms with Crippen LogP contribution in [0.3, 0.4) is 0 Å². The molecule has 2 aromatic rings. The lowest BCUT2D eigenvalue weighted by Gasteiger charge is -2.12. The van der Waals surface area contributed by atoms with Gasteiger partial charge < -0.3 is 10.5 Å². The third kappa shape index (κ3) is 2.48. The zero-order valence-corrected chi connectivity index (χ0v) is 11.2. The first-order valence-corrected chi connectivity index (χ1v) is 6.09. The van der Waals surface area contributed by atoms with E-state index in [1.54, 1.807) is 7.11 Å². The van der Waals surface area contributed by atoms with Crippen LogP contribution in [0.2, 0.25) is 0 Å². The lowest BCUT2D eigenvalue weighted by atomic mass is 9.96. The van der Waals surface area contributed by atoms with E-state index in [4.69, 9.17) is 10.5 Å². The Balaban J connectivity index is 2.40. The smallest absolute Gasteiger partial charge is 0.121 e. The molecule has 0 amide bonds. The Morgan fingerprint density at radius 2 is 1.78 bits per heavy atom. The van der Waals surface area contributed by atoms with Crippen molar-refractivity contribution in [2.45, 2.75) is 20.3 Å². The number of ether oxygens (including phenoxy) is 1. The van der Waals surface area contributed by atoms with Crippen molar-refractivity contribution >= 4 is 5.69 Å². The van der Waals surface area contributed by atoms with Gasteiger partial charge in [-0.15, -0.1) is 0 Å². The predicted octanol–water partition coefficient (Wildman–Crippen LogP) is 3.49. The highest BCUT2D eigenvalue weighted by atomic mass is 16.5. The molecule has 2 nitrogen and oxygen atoms in total. The van der Waals surface area contributed by atoms with Gasteiger partial charge in [-0.05, 0) is 48.6 Å². The maximum Gasteiger partial charge on any atom is 0.121 e. The molecule has 94 valence electrons. The van der Waals surface area contributed by atoms with Crippen molar-refractivity contribution in [3.05, 3.63) is 58.7 Å². The average Bonchev–Trinajstić information content (AvgIpc) is 2.37. The van der Waals surface area contributed by atoms with Gasteiger partial charge in [-0.3, -0.25) is 0 Å². The molecule has 0 aliphatic carbocycles. The molecule has 0 aromatic heterocycles. The van der Waals surface area contributed by atoms with Gasteiger partial charge in [0.05, 0.1) is 7.11 Å². The van der Waals surface area contributed by atoms with Gasteiger partial charge in [0, 0.05) is 11.8 Å². The molecule has 0 bridgehead atoms. The number of hydrogen-bond donors (Lipinski definition) is 1. The van der Waals surface area contributed by atoms with Gasteiger partial charge in [-0.1, -0.05) is 24.3 Å². The Labute approximate surface area is 108 Å². The zero-order chi connectivity index (χ0) is 13.1. The van der Waals surface area contributed by atoms with E-state index in [0.717, 1.165) is 23.4 Å². The monoisotopic (exact) mass is 241 g/mol. The maximum atomic E-state index is 6.01. The minimum Gasteiger partial charge on any atom is -0.497 e. The first kappa shape index (κ1) is 12.5. The number of aryl methyl sites for hydroxylation is 1. The van der Waals surface area contributed by atoms with E-state index in [1.807, 2.05) is 6.07 Å². The van der Waals surface area contributed by atoms with Crippen LogP contribution >= 0.6 is 0 Å². The molecule has 2 heteroatoms. The summed E-state index contributed by atoms with van der Waals surface area (Å²) in [6.45, 7) is 4.19. The Morgan fingerprint density at radius 3 is 2.44 bits per heavy atom. The van der Waals surface area contributed by atoms with Gasteiger partial charge >= 0.3 is 0 Å². The predicted molar refractivity (Wildman–Crippen MR) is 76.1 cm³/mol. The highest BCUT2D eigenvalue weighted by Crippen LogP contribution is 2.26. The Hall–Kier alpha value is -1.96. The van der Waals surface area contributed by atoms with Gasteiger partial charge in [-0.2, -0.15) is 0 Å². The van der Waals surface area contributed by atoms with E-state index in [-0.39, 0.29) is 0 Å². The minimum absolute atomic E-state index is 0.790. The molecule has 0 saturated carbocycles. The summed E-state index contributed by atoms with van der Waals surface area (Å²) in [4.78, 5) is 0. The highest BCUT2D eigenvalue weighted by Gasteiger charge is 2.07. The normalized spacial score (nSPS) is 10.4. The lowest BCUT2D eigenvalue weighted by Crippen LogP contribution is -2.00. The van der Waals surface area contributed by atoms with Gasteiger partial charge in [-0.25, -0.2) is 0 Å². The number of benzene rings is 2. The molecule has 0 heterocycles. The maximum absolute atomic E-state index is 6.01. The Morgan fingerprint density at radius 1 is 1.06 bits per heavy atom. The van der Waals surface area contributed by atoms with E-state index in [2.05, 4.69) is 44.2 Å². The third-order valence-electron chi connectivity index (χ3n) is 3.41. The quantitative estimate of drug-likeness (QED) is 0.835. The summed E-state index contributed by atoms with van der Waals surface area (Å²) in [5, 5.41) is 0. The van der Waals surface area contributed by atoms with Gasteiger partial charge in [0.25, 0.3) is 0 Å². The summed E-state index contributed by atoms with van der Waals surface area (Å²) >= 11 is 0. The summed E-state index contributed by atoms with van der Waals surface area (Å²) in [6, 6.07) is 12.4. The number of anilines is 1. The molecule has 0 unspecified atom stereocenters. The summed E-state index contributed by atoms with van der Waals surface area (Å²) < 4.78 is 5.28. The summed E-state index contributed by atoms with van der Waals surface area (Å²) in [6.07, 6.45) is 0.889. The summed E-state index contributed by atoms with van der Waals surface area (Å²) in [5.41, 5.74) is 11.8. The average molecular weight is 241 g/mol. The molecule has 0 saturated heterocycles. The molecule has 0 spiro atoms. The fourth-order valence-corrected chi connectivity index (χ4v) is 2.08. The fourth-order valence-electron chi connectivity index (χ4n) is 2.08. The zero-order valence-electron chi connectivity index (χ0n) is 11.2. The molecule has 0 aliphatic rings. The second kappa shape index (κ2) is 5.13. The fraction of sp³-hybridized carbons (Fsp3) is 0.250. The molecular formula is C16H19NO. The van der Waals surface area contributed by atoms with Crippen LogP contribution in [-0.4, -0.2) is 7.11 Å². The summed E-state index contributed by atoms with van der Waals surface area (Å²) in [7, 11) is 1.67. The van der Waals surface area contributed by atoms with Crippen molar-refractivity contribution in [1.29, 1.82) is 0 Å². The van der Waals surface area contributed by atoms with Crippen molar-refractivity contribution < 1.29 is 4.74 Å². The van der Waals surface area contributed by atoms with Gasteiger partial charge in [0.1, 0.15) is 5.75 Å². The van der Waals surface area contributed by atoms with Crippen LogP contribution in [0.5, 0.6) is 5.75 Å². The topological polar surface area (TPSA) is 35.2 Å². The molecule has 0 atom stereocenters. The van der Waals surface area contributed by atoms with E-state index < -0.39 is 0 Å². The second-order valence-corrected chi connectivity index (χ2v) is 4.60. The molecular weight excluding hydrogens is 222 g/mol. The minimum atomic E-state index is 0.790. The molecule has 0 fully saturated rings. The largest absolute Gasteiger partial charge is 0.497 e. The van der Waals surface area contributed by atoms with Crippen LogP contribution in [-0.2, 0) is 6.42 Å². The van der Waals surface area contributed by atoms with E-state index in [9.17, 15) is 0 Å². The molecule has 0 radical (unpaired) electrons. The van der Waals surface area contributed by atoms with Crippen molar-refractivity contribution in [1.82, 2.24) is 0 Å². The number of hydrogen-bond acceptors (Lipinski definition) is 2. The Bertz CT molecular complexity index is 561.